The molecule has 0 unspecified atom stereocenters. The van der Waals surface area contributed by atoms with Gasteiger partial charge in [0.05, 0.1) is 0 Å². The minimum atomic E-state index is -0.0709. The first-order valence-electron chi connectivity index (χ1n) is 6.90. The largest absolute Gasteiger partial charge is 0.351 e. The van der Waals surface area contributed by atoms with E-state index in [2.05, 4.69) is 20.5 Å². The van der Waals surface area contributed by atoms with Crippen molar-refractivity contribution in [3.63, 3.8) is 0 Å². The van der Waals surface area contributed by atoms with Crippen LogP contribution in [0.1, 0.15) is 22.5 Å². The Bertz CT molecular complexity index is 416. The zero-order chi connectivity index (χ0) is 13.5. The molecule has 0 spiro atoms. The molecular formula is C14H22N4O. The maximum atomic E-state index is 11.9. The first kappa shape index (κ1) is 14.0. The molecule has 1 fully saturated rings. The first-order valence-corrected chi connectivity index (χ1v) is 6.90. The number of piperazine rings is 1. The molecule has 0 atom stereocenters. The van der Waals surface area contributed by atoms with Gasteiger partial charge >= 0.3 is 0 Å². The van der Waals surface area contributed by atoms with Crippen molar-refractivity contribution in [1.82, 2.24) is 20.5 Å². The number of nitrogens with one attached hydrogen (secondary N) is 2. The molecule has 2 rings (SSSR count). The average Bonchev–Trinajstić information content (AvgIpc) is 2.45. The molecule has 2 N–H and O–H groups in total. The Balaban J connectivity index is 1.68. The van der Waals surface area contributed by atoms with Gasteiger partial charge in [-0.25, -0.2) is 0 Å². The SMILES string of the molecule is Cc1cccnc1C(=O)NCCCN1CCNCC1. The highest BCUT2D eigenvalue weighted by Crippen LogP contribution is 2.02. The molecule has 1 aromatic heterocycles. The van der Waals surface area contributed by atoms with Gasteiger partial charge in [0.2, 0.25) is 0 Å². The van der Waals surface area contributed by atoms with Gasteiger partial charge in [0, 0.05) is 38.9 Å². The lowest BCUT2D eigenvalue weighted by molar-refractivity contribution is 0.0945. The molecule has 0 aliphatic carbocycles. The van der Waals surface area contributed by atoms with Crippen LogP contribution in [0.2, 0.25) is 0 Å². The van der Waals surface area contributed by atoms with Crippen LogP contribution in [-0.2, 0) is 0 Å². The van der Waals surface area contributed by atoms with E-state index in [1.165, 1.54) is 0 Å². The van der Waals surface area contributed by atoms with E-state index >= 15 is 0 Å². The van der Waals surface area contributed by atoms with Gasteiger partial charge in [-0.05, 0) is 31.5 Å². The van der Waals surface area contributed by atoms with Crippen LogP contribution in [0.4, 0.5) is 0 Å². The summed E-state index contributed by atoms with van der Waals surface area (Å²) in [4.78, 5) is 18.5. The molecule has 0 radical (unpaired) electrons. The molecule has 0 bridgehead atoms. The zero-order valence-electron chi connectivity index (χ0n) is 11.5. The number of nitrogens with zero attached hydrogens (tertiary/aromatic N) is 2. The predicted molar refractivity (Wildman–Crippen MR) is 75.2 cm³/mol. The lowest BCUT2D eigenvalue weighted by atomic mass is 10.2. The summed E-state index contributed by atoms with van der Waals surface area (Å²) in [6.07, 6.45) is 2.64. The van der Waals surface area contributed by atoms with E-state index in [1.807, 2.05) is 19.1 Å². The van der Waals surface area contributed by atoms with Crippen molar-refractivity contribution in [1.29, 1.82) is 0 Å². The van der Waals surface area contributed by atoms with E-state index in [1.54, 1.807) is 6.20 Å². The molecule has 104 valence electrons. The summed E-state index contributed by atoms with van der Waals surface area (Å²) in [5.74, 6) is -0.0709. The van der Waals surface area contributed by atoms with Crippen LogP contribution in [0.25, 0.3) is 0 Å². The Hall–Kier alpha value is -1.46. The van der Waals surface area contributed by atoms with Crippen LogP contribution in [0.5, 0.6) is 0 Å². The monoisotopic (exact) mass is 262 g/mol. The maximum absolute atomic E-state index is 11.9. The Kier molecular flexibility index (Phi) is 5.30. The summed E-state index contributed by atoms with van der Waals surface area (Å²) in [5, 5.41) is 6.27. The van der Waals surface area contributed by atoms with Gasteiger partial charge in [-0.2, -0.15) is 0 Å². The number of aromatic nitrogens is 1. The average molecular weight is 262 g/mol. The summed E-state index contributed by atoms with van der Waals surface area (Å²) >= 11 is 0. The van der Waals surface area contributed by atoms with Crippen molar-refractivity contribution in [3.8, 4) is 0 Å². The Labute approximate surface area is 114 Å². The fourth-order valence-electron chi connectivity index (χ4n) is 2.25. The van der Waals surface area contributed by atoms with Crippen LogP contribution in [0.15, 0.2) is 18.3 Å². The van der Waals surface area contributed by atoms with E-state index in [-0.39, 0.29) is 5.91 Å². The molecule has 5 heteroatoms. The minimum absolute atomic E-state index is 0.0709. The molecule has 1 saturated heterocycles. The van der Waals surface area contributed by atoms with Crippen LogP contribution < -0.4 is 10.6 Å². The third-order valence-electron chi connectivity index (χ3n) is 3.37. The van der Waals surface area contributed by atoms with Crippen molar-refractivity contribution < 1.29 is 4.79 Å². The van der Waals surface area contributed by atoms with Gasteiger partial charge in [-0.1, -0.05) is 6.07 Å². The third kappa shape index (κ3) is 4.29. The first-order chi connectivity index (χ1) is 9.27. The fourth-order valence-corrected chi connectivity index (χ4v) is 2.25. The van der Waals surface area contributed by atoms with Crippen LogP contribution in [-0.4, -0.2) is 55.1 Å². The van der Waals surface area contributed by atoms with Crippen molar-refractivity contribution >= 4 is 5.91 Å². The smallest absolute Gasteiger partial charge is 0.270 e. The molecule has 0 saturated carbocycles. The minimum Gasteiger partial charge on any atom is -0.351 e. The summed E-state index contributed by atoms with van der Waals surface area (Å²) < 4.78 is 0. The van der Waals surface area contributed by atoms with E-state index in [9.17, 15) is 4.79 Å². The number of hydrogen-bond acceptors (Lipinski definition) is 4. The topological polar surface area (TPSA) is 57.3 Å². The van der Waals surface area contributed by atoms with Crippen LogP contribution in [0.3, 0.4) is 0 Å². The predicted octanol–water partition coefficient (Wildman–Crippen LogP) is 0.415. The molecule has 1 amide bonds. The number of carbonyl (C=O) groups is 1. The van der Waals surface area contributed by atoms with Gasteiger partial charge in [0.15, 0.2) is 0 Å². The summed E-state index contributed by atoms with van der Waals surface area (Å²) in [6, 6.07) is 3.75. The van der Waals surface area contributed by atoms with E-state index in [4.69, 9.17) is 0 Å². The quantitative estimate of drug-likeness (QED) is 0.755. The molecule has 1 aliphatic rings. The lowest BCUT2D eigenvalue weighted by Crippen LogP contribution is -2.44. The Morgan fingerprint density at radius 1 is 1.47 bits per heavy atom. The van der Waals surface area contributed by atoms with Crippen LogP contribution in [0, 0.1) is 6.92 Å². The number of amides is 1. The van der Waals surface area contributed by atoms with E-state index < -0.39 is 0 Å². The number of carbonyl (C=O) groups excluding carboxylic acids is 1. The molecule has 19 heavy (non-hydrogen) atoms. The number of hydrogen-bond donors (Lipinski definition) is 2. The highest BCUT2D eigenvalue weighted by atomic mass is 16.1. The molecule has 0 aromatic carbocycles. The molecule has 1 aliphatic heterocycles. The summed E-state index contributed by atoms with van der Waals surface area (Å²) in [5.41, 5.74) is 1.45. The van der Waals surface area contributed by atoms with Gasteiger partial charge in [0.1, 0.15) is 5.69 Å². The van der Waals surface area contributed by atoms with Gasteiger partial charge in [-0.3, -0.25) is 9.78 Å². The van der Waals surface area contributed by atoms with Gasteiger partial charge in [0.25, 0.3) is 5.91 Å². The normalized spacial score (nSPS) is 16.3. The number of pyridine rings is 1. The van der Waals surface area contributed by atoms with Gasteiger partial charge < -0.3 is 15.5 Å². The second-order valence-electron chi connectivity index (χ2n) is 4.87. The number of aryl methyl sites for hydroxylation is 1. The summed E-state index contributed by atoms with van der Waals surface area (Å²) in [6.45, 7) is 8.00. The third-order valence-corrected chi connectivity index (χ3v) is 3.37. The van der Waals surface area contributed by atoms with Crippen molar-refractivity contribution in [3.05, 3.63) is 29.6 Å². The number of rotatable bonds is 5. The van der Waals surface area contributed by atoms with Crippen molar-refractivity contribution in [2.75, 3.05) is 39.3 Å². The summed E-state index contributed by atoms with van der Waals surface area (Å²) in [7, 11) is 0. The second kappa shape index (κ2) is 7.21. The molecule has 2 heterocycles. The lowest BCUT2D eigenvalue weighted by Gasteiger charge is -2.27. The molecule has 5 nitrogen and oxygen atoms in total. The fraction of sp³-hybridized carbons (Fsp3) is 0.571. The van der Waals surface area contributed by atoms with Crippen molar-refractivity contribution in [2.45, 2.75) is 13.3 Å². The van der Waals surface area contributed by atoms with Crippen molar-refractivity contribution in [2.24, 2.45) is 0 Å². The van der Waals surface area contributed by atoms with Crippen LogP contribution >= 0.6 is 0 Å². The highest BCUT2D eigenvalue weighted by molar-refractivity contribution is 5.93. The highest BCUT2D eigenvalue weighted by Gasteiger charge is 2.11. The molecule has 1 aromatic rings. The Morgan fingerprint density at radius 3 is 3.00 bits per heavy atom. The standard InChI is InChI=1S/C14H22N4O/c1-12-4-2-5-16-13(12)14(19)17-6-3-9-18-10-7-15-8-11-18/h2,4-5,15H,3,6-11H2,1H3,(H,17,19). The second-order valence-corrected chi connectivity index (χ2v) is 4.87. The maximum Gasteiger partial charge on any atom is 0.270 e. The molecular weight excluding hydrogens is 240 g/mol. The van der Waals surface area contributed by atoms with E-state index in [0.29, 0.717) is 12.2 Å². The zero-order valence-corrected chi connectivity index (χ0v) is 11.5. The Morgan fingerprint density at radius 2 is 2.26 bits per heavy atom. The van der Waals surface area contributed by atoms with E-state index in [0.717, 1.165) is 44.7 Å². The van der Waals surface area contributed by atoms with Gasteiger partial charge in [-0.15, -0.1) is 0 Å².